The average molecular weight is 280 g/mol. The van der Waals surface area contributed by atoms with E-state index >= 15 is 0 Å². The van der Waals surface area contributed by atoms with Crippen LogP contribution in [-0.4, -0.2) is 49.6 Å². The molecular formula is C15H24N2O3. The highest BCUT2D eigenvalue weighted by atomic mass is 16.5. The van der Waals surface area contributed by atoms with Crippen molar-refractivity contribution in [3.05, 3.63) is 0 Å². The first-order valence-corrected chi connectivity index (χ1v) is 7.70. The lowest BCUT2D eigenvalue weighted by Crippen LogP contribution is -2.65. The molecule has 5 heteroatoms. The maximum absolute atomic E-state index is 11.6. The van der Waals surface area contributed by atoms with Crippen molar-refractivity contribution in [1.82, 2.24) is 10.2 Å². The van der Waals surface area contributed by atoms with Crippen molar-refractivity contribution in [3.8, 4) is 0 Å². The van der Waals surface area contributed by atoms with Crippen molar-refractivity contribution >= 4 is 12.4 Å². The summed E-state index contributed by atoms with van der Waals surface area (Å²) in [6.45, 7) is 2.02. The maximum atomic E-state index is 11.6. The first kappa shape index (κ1) is 13.9. The van der Waals surface area contributed by atoms with E-state index in [0.29, 0.717) is 17.5 Å². The largest absolute Gasteiger partial charge is 0.469 e. The Hall–Kier alpha value is -1.10. The molecule has 1 aliphatic heterocycles. The van der Waals surface area contributed by atoms with Crippen molar-refractivity contribution in [2.75, 3.05) is 20.2 Å². The molecule has 0 bridgehead atoms. The normalized spacial score (nSPS) is 37.9. The van der Waals surface area contributed by atoms with Gasteiger partial charge in [0.15, 0.2) is 0 Å². The first-order chi connectivity index (χ1) is 9.68. The lowest BCUT2D eigenvalue weighted by Gasteiger charge is -2.62. The third-order valence-electron chi connectivity index (χ3n) is 5.74. The molecule has 3 fully saturated rings. The smallest absolute Gasteiger partial charge is 0.308 e. The Morgan fingerprint density at radius 2 is 2.00 bits per heavy atom. The van der Waals surface area contributed by atoms with Gasteiger partial charge in [0.1, 0.15) is 0 Å². The summed E-state index contributed by atoms with van der Waals surface area (Å²) < 4.78 is 4.84. The molecule has 20 heavy (non-hydrogen) atoms. The molecule has 0 aromatic rings. The number of likely N-dealkylation sites (tertiary alicyclic amines) is 1. The molecule has 0 radical (unpaired) electrons. The highest BCUT2D eigenvalue weighted by Crippen LogP contribution is 2.58. The maximum Gasteiger partial charge on any atom is 0.308 e. The van der Waals surface area contributed by atoms with Gasteiger partial charge in [-0.2, -0.15) is 0 Å². The van der Waals surface area contributed by atoms with E-state index < -0.39 is 0 Å². The van der Waals surface area contributed by atoms with Gasteiger partial charge in [-0.1, -0.05) is 0 Å². The van der Waals surface area contributed by atoms with Crippen LogP contribution in [0.4, 0.5) is 0 Å². The van der Waals surface area contributed by atoms with Crippen LogP contribution < -0.4 is 5.32 Å². The van der Waals surface area contributed by atoms with Crippen molar-refractivity contribution in [2.24, 2.45) is 11.3 Å². The van der Waals surface area contributed by atoms with Gasteiger partial charge in [-0.25, -0.2) is 0 Å². The van der Waals surface area contributed by atoms with E-state index in [-0.39, 0.29) is 11.9 Å². The summed E-state index contributed by atoms with van der Waals surface area (Å²) in [6, 6.07) is 1.06. The van der Waals surface area contributed by atoms with Crippen LogP contribution in [0.2, 0.25) is 0 Å². The molecule has 2 saturated carbocycles. The van der Waals surface area contributed by atoms with Gasteiger partial charge in [0, 0.05) is 12.1 Å². The molecule has 1 amide bonds. The lowest BCUT2D eigenvalue weighted by molar-refractivity contribution is -0.149. The molecule has 3 aliphatic rings. The molecule has 0 aromatic carbocycles. The fourth-order valence-electron chi connectivity index (χ4n) is 4.48. The highest BCUT2D eigenvalue weighted by molar-refractivity contribution is 5.72. The number of ether oxygens (including phenoxy) is 1. The lowest BCUT2D eigenvalue weighted by atomic mass is 9.50. The van der Waals surface area contributed by atoms with E-state index in [1.54, 1.807) is 0 Å². The third-order valence-corrected chi connectivity index (χ3v) is 5.74. The van der Waals surface area contributed by atoms with Crippen molar-refractivity contribution in [3.63, 3.8) is 0 Å². The Morgan fingerprint density at radius 3 is 2.50 bits per heavy atom. The highest BCUT2D eigenvalue weighted by Gasteiger charge is 2.57. The van der Waals surface area contributed by atoms with Crippen LogP contribution in [0.5, 0.6) is 0 Å². The Kier molecular flexibility index (Phi) is 3.71. The molecule has 5 nitrogen and oxygen atoms in total. The molecule has 112 valence electrons. The summed E-state index contributed by atoms with van der Waals surface area (Å²) in [4.78, 5) is 24.6. The number of carbonyl (C=O) groups excluding carboxylic acids is 2. The monoisotopic (exact) mass is 280 g/mol. The number of rotatable bonds is 4. The number of hydrogen-bond donors (Lipinski definition) is 1. The van der Waals surface area contributed by atoms with E-state index in [9.17, 15) is 9.59 Å². The van der Waals surface area contributed by atoms with Crippen molar-refractivity contribution in [2.45, 2.75) is 50.6 Å². The summed E-state index contributed by atoms with van der Waals surface area (Å²) in [5.41, 5.74) is 0.457. The number of amides is 1. The van der Waals surface area contributed by atoms with Crippen LogP contribution in [0.1, 0.15) is 38.5 Å². The van der Waals surface area contributed by atoms with Gasteiger partial charge in [0.2, 0.25) is 6.41 Å². The predicted octanol–water partition coefficient (Wildman–Crippen LogP) is 0.929. The Bertz CT molecular complexity index is 385. The number of piperidine rings is 1. The summed E-state index contributed by atoms with van der Waals surface area (Å²) in [5, 5.41) is 2.90. The van der Waals surface area contributed by atoms with Gasteiger partial charge in [-0.15, -0.1) is 0 Å². The standard InChI is InChI=1S/C15H24N2O3/c1-20-14(19)11-3-6-17(7-4-11)13-2-5-15(13)8-12(9-15)16-10-18/h10-13H,2-9H2,1H3,(H,16,18). The van der Waals surface area contributed by atoms with Gasteiger partial charge in [-0.05, 0) is 57.0 Å². The van der Waals surface area contributed by atoms with Crippen molar-refractivity contribution in [1.29, 1.82) is 0 Å². The molecule has 1 atom stereocenters. The number of hydrogen-bond acceptors (Lipinski definition) is 4. The van der Waals surface area contributed by atoms with Gasteiger partial charge in [0.25, 0.3) is 0 Å². The zero-order valence-corrected chi connectivity index (χ0v) is 12.1. The zero-order chi connectivity index (χ0) is 14.2. The average Bonchev–Trinajstić information content (AvgIpc) is 2.41. The Labute approximate surface area is 120 Å². The Morgan fingerprint density at radius 1 is 1.30 bits per heavy atom. The fraction of sp³-hybridized carbons (Fsp3) is 0.867. The van der Waals surface area contributed by atoms with E-state index in [1.807, 2.05) is 0 Å². The summed E-state index contributed by atoms with van der Waals surface area (Å²) in [6.07, 6.45) is 7.51. The molecule has 2 aliphatic carbocycles. The second-order valence-corrected chi connectivity index (χ2v) is 6.64. The summed E-state index contributed by atoms with van der Waals surface area (Å²) in [7, 11) is 1.48. The minimum atomic E-state index is -0.0492. The number of carbonyl (C=O) groups is 2. The second kappa shape index (κ2) is 5.35. The second-order valence-electron chi connectivity index (χ2n) is 6.64. The molecule has 1 unspecified atom stereocenters. The van der Waals surface area contributed by atoms with E-state index in [0.717, 1.165) is 45.2 Å². The fourth-order valence-corrected chi connectivity index (χ4v) is 4.48. The third kappa shape index (κ3) is 2.22. The SMILES string of the molecule is COC(=O)C1CCN(C2CCC23CC(NC=O)C3)CC1. The zero-order valence-electron chi connectivity index (χ0n) is 12.1. The topological polar surface area (TPSA) is 58.6 Å². The number of nitrogens with one attached hydrogen (secondary N) is 1. The van der Waals surface area contributed by atoms with Gasteiger partial charge in [0.05, 0.1) is 13.0 Å². The van der Waals surface area contributed by atoms with Crippen LogP contribution in [0.25, 0.3) is 0 Å². The van der Waals surface area contributed by atoms with E-state index in [4.69, 9.17) is 4.74 Å². The predicted molar refractivity (Wildman–Crippen MR) is 74.0 cm³/mol. The first-order valence-electron chi connectivity index (χ1n) is 7.70. The molecule has 1 heterocycles. The van der Waals surface area contributed by atoms with E-state index in [2.05, 4.69) is 10.2 Å². The molecule has 0 aromatic heterocycles. The number of esters is 1. The molecule has 3 rings (SSSR count). The van der Waals surface area contributed by atoms with Gasteiger partial charge >= 0.3 is 5.97 Å². The van der Waals surface area contributed by atoms with Crippen LogP contribution in [0.3, 0.4) is 0 Å². The van der Waals surface area contributed by atoms with Crippen LogP contribution >= 0.6 is 0 Å². The minimum Gasteiger partial charge on any atom is -0.469 e. The minimum absolute atomic E-state index is 0.0492. The molecule has 1 spiro atoms. The number of methoxy groups -OCH3 is 1. The van der Waals surface area contributed by atoms with Crippen LogP contribution in [0, 0.1) is 11.3 Å². The van der Waals surface area contributed by atoms with E-state index in [1.165, 1.54) is 20.0 Å². The number of nitrogens with zero attached hydrogens (tertiary/aromatic N) is 1. The Balaban J connectivity index is 1.50. The quantitative estimate of drug-likeness (QED) is 0.615. The molecule has 1 N–H and O–H groups in total. The van der Waals surface area contributed by atoms with Gasteiger partial charge < -0.3 is 10.1 Å². The summed E-state index contributed by atoms with van der Waals surface area (Å²) in [5.74, 6) is 0.0463. The summed E-state index contributed by atoms with van der Waals surface area (Å²) >= 11 is 0. The molecular weight excluding hydrogens is 256 g/mol. The van der Waals surface area contributed by atoms with Gasteiger partial charge in [-0.3, -0.25) is 14.5 Å². The molecule has 1 saturated heterocycles. The van der Waals surface area contributed by atoms with Crippen LogP contribution in [-0.2, 0) is 14.3 Å². The van der Waals surface area contributed by atoms with Crippen LogP contribution in [0.15, 0.2) is 0 Å². The van der Waals surface area contributed by atoms with Crippen molar-refractivity contribution < 1.29 is 14.3 Å².